The maximum atomic E-state index is 13.6. The van der Waals surface area contributed by atoms with Crippen LogP contribution in [0.3, 0.4) is 0 Å². The molecule has 1 saturated heterocycles. The number of nitrogens with one attached hydrogen (secondary N) is 1. The fraction of sp³-hybridized carbons (Fsp3) is 0.318. The van der Waals surface area contributed by atoms with Gasteiger partial charge in [-0.3, -0.25) is 4.79 Å². The average Bonchev–Trinajstić information content (AvgIpc) is 3.28. The highest BCUT2D eigenvalue weighted by molar-refractivity contribution is 8.00. The normalized spacial score (nSPS) is 23.3. The lowest BCUT2D eigenvalue weighted by Crippen LogP contribution is -2.79. The number of thioether (sulfide) groups is 1. The average molecular weight is 564 g/mol. The molecule has 0 bridgehead atoms. The van der Waals surface area contributed by atoms with E-state index >= 15 is 0 Å². The fourth-order valence-corrected chi connectivity index (χ4v) is 5.77. The number of carbonyl (C=O) groups is 4. The van der Waals surface area contributed by atoms with E-state index in [0.717, 1.165) is 23.1 Å². The highest BCUT2D eigenvalue weighted by Gasteiger charge is 2.66. The first-order valence-electron chi connectivity index (χ1n) is 11.0. The van der Waals surface area contributed by atoms with Crippen LogP contribution in [-0.2, 0) is 30.6 Å². The van der Waals surface area contributed by atoms with Crippen molar-refractivity contribution in [2.75, 3.05) is 11.5 Å². The summed E-state index contributed by atoms with van der Waals surface area (Å²) in [5.74, 6) is -4.76. The Morgan fingerprint density at radius 2 is 2.00 bits per heavy atom. The molecule has 4 rings (SSSR count). The monoisotopic (exact) mass is 563 g/mol. The van der Waals surface area contributed by atoms with Crippen molar-refractivity contribution in [1.29, 1.82) is 0 Å². The van der Waals surface area contributed by atoms with Crippen molar-refractivity contribution in [3.63, 3.8) is 0 Å². The van der Waals surface area contributed by atoms with Gasteiger partial charge in [0, 0.05) is 23.3 Å². The standard InChI is InChI=1S/C22H22N6O8S2/c1-22(2,20(33)34)36-26-13(12-10-38-21(23)24-12)16(29)25-14-17(30)28(35)15(19(31)32)11(9-37-18(14)28)8-27-6-4-3-5-7-27/h3-7,10,14,18H,8-9H2,1-2H3,(H4-,23,24,25,29,31,32,33,34)/p+1/b26-13-/t14-,18-,28?/m1/s1. The molecule has 2 aromatic heterocycles. The van der Waals surface area contributed by atoms with Gasteiger partial charge >= 0.3 is 17.8 Å². The summed E-state index contributed by atoms with van der Waals surface area (Å²) in [5.41, 5.74) is 3.06. The topological polar surface area (TPSA) is 208 Å². The second-order valence-electron chi connectivity index (χ2n) is 8.87. The molecule has 2 aliphatic heterocycles. The van der Waals surface area contributed by atoms with Gasteiger partial charge < -0.3 is 31.3 Å². The molecule has 0 spiro atoms. The van der Waals surface area contributed by atoms with Crippen molar-refractivity contribution in [2.24, 2.45) is 5.16 Å². The molecule has 1 unspecified atom stereocenters. The number of pyridine rings is 1. The van der Waals surface area contributed by atoms with Crippen LogP contribution < -0.4 is 15.6 Å². The zero-order valence-electron chi connectivity index (χ0n) is 20.1. The molecule has 200 valence electrons. The van der Waals surface area contributed by atoms with Gasteiger partial charge in [-0.25, -0.2) is 28.6 Å². The zero-order valence-corrected chi connectivity index (χ0v) is 21.7. The van der Waals surface area contributed by atoms with Gasteiger partial charge in [-0.1, -0.05) is 23.0 Å². The molecular weight excluding hydrogens is 540 g/mol. The number of hydroxylamine groups is 3. The maximum Gasteiger partial charge on any atom is 0.391 e. The summed E-state index contributed by atoms with van der Waals surface area (Å²) in [7, 11) is 0. The number of oxime groups is 1. The maximum absolute atomic E-state index is 13.6. The lowest BCUT2D eigenvalue weighted by atomic mass is 10.0. The van der Waals surface area contributed by atoms with Crippen molar-refractivity contribution in [1.82, 2.24) is 10.3 Å². The molecule has 2 aliphatic rings. The first-order chi connectivity index (χ1) is 17.9. The Kier molecular flexibility index (Phi) is 7.24. The second kappa shape index (κ2) is 10.1. The van der Waals surface area contributed by atoms with Gasteiger partial charge in [0.1, 0.15) is 5.69 Å². The number of anilines is 1. The zero-order chi connectivity index (χ0) is 27.8. The van der Waals surface area contributed by atoms with E-state index in [9.17, 15) is 34.6 Å². The molecule has 0 aliphatic carbocycles. The third kappa shape index (κ3) is 4.85. The van der Waals surface area contributed by atoms with Gasteiger partial charge in [0.15, 0.2) is 35.2 Å². The van der Waals surface area contributed by atoms with Crippen LogP contribution in [0.15, 0.2) is 52.4 Å². The Morgan fingerprint density at radius 1 is 1.32 bits per heavy atom. The molecule has 3 atom stereocenters. The number of rotatable bonds is 9. The number of quaternary nitrogens is 1. The SMILES string of the molecule is CC(C)(O/N=C(\C(=O)N[C@@H]1C(=O)[N+]2([O-])C(C(=O)O)=C(C[n+]3ccccc3)CS[C@H]12)c1csc(N)n1)C(=O)O. The molecule has 2 aromatic rings. The number of fused-ring (bicyclic) bond motifs is 1. The largest absolute Gasteiger partial charge is 0.619 e. The second-order valence-corrected chi connectivity index (χ2v) is 10.9. The number of β-lactam (4-membered cyclic amide) rings is 1. The molecule has 5 N–H and O–H groups in total. The van der Waals surface area contributed by atoms with Crippen LogP contribution >= 0.6 is 23.1 Å². The van der Waals surface area contributed by atoms with Crippen molar-refractivity contribution < 1.29 is 43.4 Å². The minimum Gasteiger partial charge on any atom is -0.619 e. The van der Waals surface area contributed by atoms with E-state index in [1.807, 2.05) is 0 Å². The molecule has 2 amide bonds. The van der Waals surface area contributed by atoms with E-state index < -0.39 is 56.8 Å². The molecule has 16 heteroatoms. The number of hydrogen-bond acceptors (Lipinski definition) is 11. The predicted octanol–water partition coefficient (Wildman–Crippen LogP) is 0.0481. The molecule has 0 radical (unpaired) electrons. The van der Waals surface area contributed by atoms with Crippen molar-refractivity contribution in [3.8, 4) is 0 Å². The van der Waals surface area contributed by atoms with E-state index in [1.165, 1.54) is 19.2 Å². The molecule has 38 heavy (non-hydrogen) atoms. The van der Waals surface area contributed by atoms with E-state index in [-0.39, 0.29) is 28.7 Å². The van der Waals surface area contributed by atoms with Gasteiger partial charge in [-0.2, -0.15) is 0 Å². The molecule has 0 saturated carbocycles. The van der Waals surface area contributed by atoms with Crippen molar-refractivity contribution >= 4 is 57.7 Å². The fourth-order valence-electron chi connectivity index (χ4n) is 3.83. The highest BCUT2D eigenvalue weighted by atomic mass is 32.2. The summed E-state index contributed by atoms with van der Waals surface area (Å²) in [5, 5.41) is 39.2. The van der Waals surface area contributed by atoms with Gasteiger partial charge in [0.2, 0.25) is 17.3 Å². The summed E-state index contributed by atoms with van der Waals surface area (Å²) < 4.78 is -0.0396. The number of hydrogen-bond donors (Lipinski definition) is 4. The van der Waals surface area contributed by atoms with Crippen molar-refractivity contribution in [3.05, 3.63) is 58.1 Å². The van der Waals surface area contributed by atoms with Crippen LogP contribution in [0.1, 0.15) is 19.5 Å². The van der Waals surface area contributed by atoms with Crippen LogP contribution in [0, 0.1) is 5.21 Å². The molecular formula is C22H23N6O8S2+. The van der Waals surface area contributed by atoms with Crippen LogP contribution in [0.4, 0.5) is 5.13 Å². The Labute approximate surface area is 223 Å². The van der Waals surface area contributed by atoms with Gasteiger partial charge in [0.25, 0.3) is 5.91 Å². The Balaban J connectivity index is 1.60. The summed E-state index contributed by atoms with van der Waals surface area (Å²) in [4.78, 5) is 58.7. The van der Waals surface area contributed by atoms with E-state index in [2.05, 4.69) is 15.5 Å². The number of nitrogen functional groups attached to an aromatic ring is 1. The highest BCUT2D eigenvalue weighted by Crippen LogP contribution is 2.47. The number of aromatic nitrogens is 2. The Hall–Kier alpha value is -3.86. The molecule has 0 aromatic carbocycles. The lowest BCUT2D eigenvalue weighted by Gasteiger charge is -2.57. The van der Waals surface area contributed by atoms with E-state index in [4.69, 9.17) is 10.6 Å². The first kappa shape index (κ1) is 27.2. The van der Waals surface area contributed by atoms with Gasteiger partial charge in [-0.05, 0) is 13.8 Å². The van der Waals surface area contributed by atoms with Crippen LogP contribution in [-0.4, -0.2) is 72.1 Å². The summed E-state index contributed by atoms with van der Waals surface area (Å²) in [6, 6.07) is 3.95. The molecule has 1 fully saturated rings. The predicted molar refractivity (Wildman–Crippen MR) is 134 cm³/mol. The van der Waals surface area contributed by atoms with E-state index in [0.29, 0.717) is 0 Å². The van der Waals surface area contributed by atoms with Gasteiger partial charge in [0.05, 0.1) is 5.57 Å². The number of nitrogens with zero attached hydrogens (tertiary/aromatic N) is 4. The minimum atomic E-state index is -1.80. The summed E-state index contributed by atoms with van der Waals surface area (Å²) in [6.07, 6.45) is 3.41. The third-order valence-electron chi connectivity index (χ3n) is 5.83. The number of aliphatic carboxylic acids is 2. The van der Waals surface area contributed by atoms with Gasteiger partial charge in [-0.15, -0.1) is 11.3 Å². The summed E-state index contributed by atoms with van der Waals surface area (Å²) >= 11 is 2.04. The number of carboxylic acids is 2. The number of carbonyl (C=O) groups excluding carboxylic acids is 2. The molecule has 14 nitrogen and oxygen atoms in total. The summed E-state index contributed by atoms with van der Waals surface area (Å²) in [6.45, 7) is 2.53. The molecule has 4 heterocycles. The number of amides is 2. The van der Waals surface area contributed by atoms with Crippen LogP contribution in [0.2, 0.25) is 0 Å². The Bertz CT molecular complexity index is 1370. The minimum absolute atomic E-state index is 0.0366. The third-order valence-corrected chi connectivity index (χ3v) is 7.93. The smallest absolute Gasteiger partial charge is 0.391 e. The quantitative estimate of drug-likeness (QED) is 0.0800. The van der Waals surface area contributed by atoms with Crippen LogP contribution in [0.5, 0.6) is 0 Å². The Morgan fingerprint density at radius 3 is 2.58 bits per heavy atom. The number of thiazole rings is 1. The van der Waals surface area contributed by atoms with Crippen LogP contribution in [0.25, 0.3) is 0 Å². The number of nitrogens with two attached hydrogens (primary N) is 1. The lowest BCUT2D eigenvalue weighted by molar-refractivity contribution is -0.806. The van der Waals surface area contributed by atoms with Crippen molar-refractivity contribution in [2.45, 2.75) is 37.4 Å². The first-order valence-corrected chi connectivity index (χ1v) is 13.0. The number of carboxylic acid groups (broad SMARTS) is 2. The van der Waals surface area contributed by atoms with E-state index in [1.54, 1.807) is 35.2 Å².